The molecule has 0 amide bonds. The molecule has 1 atom stereocenters. The first kappa shape index (κ1) is 12.7. The van der Waals surface area contributed by atoms with Crippen molar-refractivity contribution in [2.75, 3.05) is 5.32 Å². The van der Waals surface area contributed by atoms with Crippen molar-refractivity contribution < 1.29 is 0 Å². The van der Waals surface area contributed by atoms with Crippen LogP contribution in [0.3, 0.4) is 0 Å². The van der Waals surface area contributed by atoms with Crippen molar-refractivity contribution >= 4 is 17.0 Å². The SMILES string of the molecule is Cc1cc(C2Cc3cc(C(C)C)ccc3N2)c(C)s1. The Bertz CT molecular complexity index is 610. The summed E-state index contributed by atoms with van der Waals surface area (Å²) in [5.41, 5.74) is 5.71. The predicted octanol–water partition coefficient (Wildman–Crippen LogP) is 5.20. The van der Waals surface area contributed by atoms with Crippen molar-refractivity contribution in [3.63, 3.8) is 0 Å². The molecule has 19 heavy (non-hydrogen) atoms. The molecule has 2 heterocycles. The van der Waals surface area contributed by atoms with Gasteiger partial charge in [0.05, 0.1) is 6.04 Å². The molecule has 2 heteroatoms. The van der Waals surface area contributed by atoms with Crippen LogP contribution < -0.4 is 5.32 Å². The molecule has 0 spiro atoms. The number of rotatable bonds is 2. The van der Waals surface area contributed by atoms with Crippen molar-refractivity contribution in [3.8, 4) is 0 Å². The van der Waals surface area contributed by atoms with E-state index in [1.54, 1.807) is 0 Å². The molecule has 1 aromatic carbocycles. The third-order valence-electron chi connectivity index (χ3n) is 4.00. The molecule has 1 aliphatic heterocycles. The van der Waals surface area contributed by atoms with E-state index in [0.717, 1.165) is 6.42 Å². The number of hydrogen-bond acceptors (Lipinski definition) is 2. The summed E-state index contributed by atoms with van der Waals surface area (Å²) in [4.78, 5) is 2.86. The second-order valence-electron chi connectivity index (χ2n) is 5.84. The fourth-order valence-corrected chi connectivity index (χ4v) is 3.91. The number of thiophene rings is 1. The van der Waals surface area contributed by atoms with Gasteiger partial charge in [0.1, 0.15) is 0 Å². The lowest BCUT2D eigenvalue weighted by Crippen LogP contribution is -2.05. The molecule has 0 fully saturated rings. The highest BCUT2D eigenvalue weighted by atomic mass is 32.1. The monoisotopic (exact) mass is 271 g/mol. The standard InChI is InChI=1S/C17H21NS/c1-10(2)13-5-6-16-14(8-13)9-17(18-16)15-7-11(3)19-12(15)4/h5-8,10,17-18H,9H2,1-4H3. The molecule has 2 aromatic rings. The molecule has 0 radical (unpaired) electrons. The number of anilines is 1. The topological polar surface area (TPSA) is 12.0 Å². The summed E-state index contributed by atoms with van der Waals surface area (Å²) in [6, 6.07) is 9.68. The van der Waals surface area contributed by atoms with Crippen LogP contribution in [0.5, 0.6) is 0 Å². The summed E-state index contributed by atoms with van der Waals surface area (Å²) in [5, 5.41) is 3.68. The number of hydrogen-bond donors (Lipinski definition) is 1. The molecular formula is C17H21NS. The average molecular weight is 271 g/mol. The van der Waals surface area contributed by atoms with Gasteiger partial charge in [0.2, 0.25) is 0 Å². The lowest BCUT2D eigenvalue weighted by Gasteiger charge is -2.10. The van der Waals surface area contributed by atoms with Gasteiger partial charge in [-0.05, 0) is 55.0 Å². The van der Waals surface area contributed by atoms with Crippen LogP contribution in [-0.2, 0) is 6.42 Å². The Balaban J connectivity index is 1.90. The van der Waals surface area contributed by atoms with Crippen LogP contribution in [0.25, 0.3) is 0 Å². The Hall–Kier alpha value is -1.28. The van der Waals surface area contributed by atoms with Crippen molar-refractivity contribution in [3.05, 3.63) is 50.7 Å². The van der Waals surface area contributed by atoms with Crippen molar-refractivity contribution in [2.45, 2.75) is 46.1 Å². The van der Waals surface area contributed by atoms with Crippen LogP contribution in [0.15, 0.2) is 24.3 Å². The number of aryl methyl sites for hydroxylation is 2. The van der Waals surface area contributed by atoms with Crippen LogP contribution in [0.4, 0.5) is 5.69 Å². The van der Waals surface area contributed by atoms with E-state index in [4.69, 9.17) is 0 Å². The summed E-state index contributed by atoms with van der Waals surface area (Å²) in [6.45, 7) is 8.94. The van der Waals surface area contributed by atoms with Gasteiger partial charge in [-0.15, -0.1) is 11.3 Å². The third kappa shape index (κ3) is 2.30. The number of benzene rings is 1. The van der Waals surface area contributed by atoms with Gasteiger partial charge in [0.25, 0.3) is 0 Å². The number of nitrogens with one attached hydrogen (secondary N) is 1. The van der Waals surface area contributed by atoms with Gasteiger partial charge in [-0.25, -0.2) is 0 Å². The van der Waals surface area contributed by atoms with E-state index in [1.807, 2.05) is 11.3 Å². The van der Waals surface area contributed by atoms with Crippen LogP contribution >= 0.6 is 11.3 Å². The minimum atomic E-state index is 0.461. The van der Waals surface area contributed by atoms with E-state index in [0.29, 0.717) is 12.0 Å². The molecule has 0 aliphatic carbocycles. The number of fused-ring (bicyclic) bond motifs is 1. The summed E-state index contributed by atoms with van der Waals surface area (Å²) in [5.74, 6) is 0.606. The van der Waals surface area contributed by atoms with Crippen LogP contribution in [0.1, 0.15) is 52.3 Å². The van der Waals surface area contributed by atoms with Crippen LogP contribution in [0, 0.1) is 13.8 Å². The van der Waals surface area contributed by atoms with Crippen LogP contribution in [-0.4, -0.2) is 0 Å². The highest BCUT2D eigenvalue weighted by molar-refractivity contribution is 7.12. The van der Waals surface area contributed by atoms with Crippen molar-refractivity contribution in [2.24, 2.45) is 0 Å². The molecule has 3 rings (SSSR count). The van der Waals surface area contributed by atoms with Crippen molar-refractivity contribution in [1.29, 1.82) is 0 Å². The molecule has 1 aliphatic rings. The maximum Gasteiger partial charge on any atom is 0.0565 e. The van der Waals surface area contributed by atoms with E-state index in [9.17, 15) is 0 Å². The van der Waals surface area contributed by atoms with Gasteiger partial charge < -0.3 is 5.32 Å². The lowest BCUT2D eigenvalue weighted by molar-refractivity contribution is 0.817. The van der Waals surface area contributed by atoms with E-state index < -0.39 is 0 Å². The Morgan fingerprint density at radius 3 is 2.63 bits per heavy atom. The Morgan fingerprint density at radius 2 is 2.00 bits per heavy atom. The van der Waals surface area contributed by atoms with Gasteiger partial charge in [-0.3, -0.25) is 0 Å². The first-order chi connectivity index (χ1) is 9.04. The minimum Gasteiger partial charge on any atom is -0.378 e. The molecule has 1 unspecified atom stereocenters. The van der Waals surface area contributed by atoms with Gasteiger partial charge in [-0.2, -0.15) is 0 Å². The zero-order valence-corrected chi connectivity index (χ0v) is 12.9. The summed E-state index contributed by atoms with van der Waals surface area (Å²) < 4.78 is 0. The molecule has 1 aromatic heterocycles. The summed E-state index contributed by atoms with van der Waals surface area (Å²) in [6.07, 6.45) is 1.12. The quantitative estimate of drug-likeness (QED) is 0.792. The molecular weight excluding hydrogens is 250 g/mol. The van der Waals surface area contributed by atoms with E-state index in [2.05, 4.69) is 57.3 Å². The largest absolute Gasteiger partial charge is 0.378 e. The lowest BCUT2D eigenvalue weighted by atomic mass is 9.98. The Labute approximate surface area is 119 Å². The molecule has 0 saturated heterocycles. The maximum atomic E-state index is 3.68. The van der Waals surface area contributed by atoms with E-state index in [1.165, 1.54) is 32.1 Å². The zero-order chi connectivity index (χ0) is 13.6. The molecule has 100 valence electrons. The Kier molecular flexibility index (Phi) is 3.14. The summed E-state index contributed by atoms with van der Waals surface area (Å²) in [7, 11) is 0. The predicted molar refractivity (Wildman–Crippen MR) is 84.4 cm³/mol. The van der Waals surface area contributed by atoms with E-state index >= 15 is 0 Å². The van der Waals surface area contributed by atoms with Gasteiger partial charge in [0.15, 0.2) is 0 Å². The highest BCUT2D eigenvalue weighted by Gasteiger charge is 2.24. The zero-order valence-electron chi connectivity index (χ0n) is 12.1. The fourth-order valence-electron chi connectivity index (χ4n) is 2.93. The first-order valence-corrected chi connectivity index (χ1v) is 7.82. The molecule has 1 nitrogen and oxygen atoms in total. The average Bonchev–Trinajstić information content (AvgIpc) is 2.90. The maximum absolute atomic E-state index is 3.68. The van der Waals surface area contributed by atoms with Crippen molar-refractivity contribution in [1.82, 2.24) is 0 Å². The van der Waals surface area contributed by atoms with Crippen LogP contribution in [0.2, 0.25) is 0 Å². The van der Waals surface area contributed by atoms with Gasteiger partial charge in [0, 0.05) is 15.4 Å². The highest BCUT2D eigenvalue weighted by Crippen LogP contribution is 2.38. The van der Waals surface area contributed by atoms with E-state index in [-0.39, 0.29) is 0 Å². The molecule has 0 saturated carbocycles. The molecule has 0 bridgehead atoms. The summed E-state index contributed by atoms with van der Waals surface area (Å²) >= 11 is 1.90. The first-order valence-electron chi connectivity index (χ1n) is 7.01. The Morgan fingerprint density at radius 1 is 1.21 bits per heavy atom. The fraction of sp³-hybridized carbons (Fsp3) is 0.412. The second kappa shape index (κ2) is 4.68. The normalized spacial score (nSPS) is 17.6. The smallest absolute Gasteiger partial charge is 0.0565 e. The van der Waals surface area contributed by atoms with Gasteiger partial charge in [-0.1, -0.05) is 26.0 Å². The second-order valence-corrected chi connectivity index (χ2v) is 7.30. The minimum absolute atomic E-state index is 0.461. The molecule has 1 N–H and O–H groups in total. The third-order valence-corrected chi connectivity index (χ3v) is 4.99. The van der Waals surface area contributed by atoms with Gasteiger partial charge >= 0.3 is 0 Å².